The number of benzene rings is 2. The summed E-state index contributed by atoms with van der Waals surface area (Å²) < 4.78 is 13.1. The van der Waals surface area contributed by atoms with Gasteiger partial charge in [0.05, 0.1) is 15.7 Å². The van der Waals surface area contributed by atoms with Gasteiger partial charge in [-0.25, -0.2) is 4.39 Å². The second kappa shape index (κ2) is 8.01. The van der Waals surface area contributed by atoms with E-state index in [1.54, 1.807) is 24.3 Å². The topological polar surface area (TPSA) is 52.2 Å². The van der Waals surface area contributed by atoms with Gasteiger partial charge in [0, 0.05) is 18.1 Å². The van der Waals surface area contributed by atoms with Crippen LogP contribution in [-0.4, -0.2) is 5.97 Å². The number of para-hydroxylation sites is 1. The van der Waals surface area contributed by atoms with Crippen LogP contribution in [-0.2, 0) is 11.2 Å². The molecule has 3 nitrogen and oxygen atoms in total. The van der Waals surface area contributed by atoms with Gasteiger partial charge in [-0.15, -0.1) is 0 Å². The van der Waals surface area contributed by atoms with Gasteiger partial charge in [0.15, 0.2) is 0 Å². The van der Waals surface area contributed by atoms with E-state index in [9.17, 15) is 14.3 Å². The van der Waals surface area contributed by atoms with Crippen LogP contribution in [0, 0.1) is 5.82 Å². The van der Waals surface area contributed by atoms with E-state index in [1.807, 2.05) is 0 Å². The van der Waals surface area contributed by atoms with Gasteiger partial charge in [-0.2, -0.15) is 0 Å². The first-order valence-electron chi connectivity index (χ1n) is 5.66. The molecule has 0 aromatic heterocycles. The quantitative estimate of drug-likeness (QED) is 0.810. The molecule has 0 atom stereocenters. The van der Waals surface area contributed by atoms with Crippen LogP contribution in [0.3, 0.4) is 0 Å². The Kier molecular flexibility index (Phi) is 6.97. The third-order valence-electron chi connectivity index (χ3n) is 2.62. The van der Waals surface area contributed by atoms with Gasteiger partial charge in [-0.05, 0) is 23.8 Å². The molecule has 0 fully saturated rings. The van der Waals surface area contributed by atoms with E-state index in [4.69, 9.17) is 23.2 Å². The molecular formula is C14H9Cl2FNNaO2. The van der Waals surface area contributed by atoms with Gasteiger partial charge < -0.3 is 15.2 Å². The maximum atomic E-state index is 13.1. The number of carboxylic acid groups (broad SMARTS) is 1. The molecule has 1 N–H and O–H groups in total. The predicted octanol–water partition coefficient (Wildman–Crippen LogP) is 0.172. The van der Waals surface area contributed by atoms with Crippen LogP contribution in [0.25, 0.3) is 0 Å². The molecule has 0 heterocycles. The van der Waals surface area contributed by atoms with Crippen LogP contribution in [0.15, 0.2) is 36.4 Å². The maximum absolute atomic E-state index is 13.1. The third kappa shape index (κ3) is 4.87. The van der Waals surface area contributed by atoms with E-state index in [-0.39, 0.29) is 46.0 Å². The molecule has 0 aliphatic carbocycles. The van der Waals surface area contributed by atoms with E-state index in [0.717, 1.165) is 12.1 Å². The zero-order chi connectivity index (χ0) is 14.7. The first-order chi connectivity index (χ1) is 9.47. The Morgan fingerprint density at radius 2 is 1.76 bits per heavy atom. The summed E-state index contributed by atoms with van der Waals surface area (Å²) in [5.74, 6) is -1.75. The van der Waals surface area contributed by atoms with Crippen molar-refractivity contribution >= 4 is 40.5 Å². The van der Waals surface area contributed by atoms with Gasteiger partial charge in [0.1, 0.15) is 5.82 Å². The number of rotatable bonds is 4. The van der Waals surface area contributed by atoms with Gasteiger partial charge in [0.2, 0.25) is 0 Å². The molecule has 0 bridgehead atoms. The number of carboxylic acids is 1. The first-order valence-corrected chi connectivity index (χ1v) is 6.42. The summed E-state index contributed by atoms with van der Waals surface area (Å²) in [6.45, 7) is 0. The molecule has 0 amide bonds. The predicted molar refractivity (Wildman–Crippen MR) is 74.9 cm³/mol. The molecule has 0 saturated heterocycles. The summed E-state index contributed by atoms with van der Waals surface area (Å²) in [5.41, 5.74) is 1.36. The number of aliphatic carboxylic acids is 1. The van der Waals surface area contributed by atoms with Crippen molar-refractivity contribution in [3.05, 3.63) is 57.8 Å². The molecule has 7 heteroatoms. The average Bonchev–Trinajstić information content (AvgIpc) is 2.34. The van der Waals surface area contributed by atoms with Gasteiger partial charge in [0.25, 0.3) is 0 Å². The Bertz CT molecular complexity index is 644. The molecular weight excluding hydrogens is 327 g/mol. The molecule has 0 aliphatic rings. The number of carbonyl (C=O) groups excluding carboxylic acids is 1. The van der Waals surface area contributed by atoms with Crippen LogP contribution in [0.1, 0.15) is 5.56 Å². The van der Waals surface area contributed by atoms with Crippen molar-refractivity contribution in [2.24, 2.45) is 0 Å². The first kappa shape index (κ1) is 18.3. The van der Waals surface area contributed by atoms with Gasteiger partial charge in [-0.1, -0.05) is 41.4 Å². The Hall–Kier alpha value is -0.780. The van der Waals surface area contributed by atoms with Crippen molar-refractivity contribution in [1.29, 1.82) is 0 Å². The maximum Gasteiger partial charge on any atom is 1.00 e. The molecule has 0 aliphatic heterocycles. The molecule has 2 rings (SSSR count). The number of hydrogen-bond acceptors (Lipinski definition) is 3. The SMILES string of the molecule is O=C([O-])Cc1ccccc1Nc1c(Cl)cc(F)cc1Cl.[Na+]. The van der Waals surface area contributed by atoms with E-state index in [2.05, 4.69) is 5.32 Å². The molecule has 0 saturated carbocycles. The molecule has 2 aromatic carbocycles. The fourth-order valence-corrected chi connectivity index (χ4v) is 2.30. The van der Waals surface area contributed by atoms with Crippen molar-refractivity contribution in [1.82, 2.24) is 0 Å². The second-order valence-corrected chi connectivity index (χ2v) is 4.89. The Balaban J connectivity index is 0.00000220. The fraction of sp³-hybridized carbons (Fsp3) is 0.0714. The average molecular weight is 336 g/mol. The summed E-state index contributed by atoms with van der Waals surface area (Å²) in [6, 6.07) is 9.00. The van der Waals surface area contributed by atoms with Gasteiger partial charge in [-0.3, -0.25) is 0 Å². The van der Waals surface area contributed by atoms with E-state index < -0.39 is 11.8 Å². The van der Waals surface area contributed by atoms with E-state index >= 15 is 0 Å². The van der Waals surface area contributed by atoms with Crippen molar-refractivity contribution in [3.8, 4) is 0 Å². The number of hydrogen-bond donors (Lipinski definition) is 1. The van der Waals surface area contributed by atoms with Crippen molar-refractivity contribution in [3.63, 3.8) is 0 Å². The summed E-state index contributed by atoms with van der Waals surface area (Å²) in [4.78, 5) is 10.7. The summed E-state index contributed by atoms with van der Waals surface area (Å²) >= 11 is 11.9. The monoisotopic (exact) mass is 335 g/mol. The molecule has 0 radical (unpaired) electrons. The minimum atomic E-state index is -1.20. The summed E-state index contributed by atoms with van der Waals surface area (Å²) in [7, 11) is 0. The molecule has 21 heavy (non-hydrogen) atoms. The van der Waals surface area contributed by atoms with Crippen LogP contribution in [0.4, 0.5) is 15.8 Å². The summed E-state index contributed by atoms with van der Waals surface area (Å²) in [6.07, 6.45) is -0.250. The van der Waals surface area contributed by atoms with E-state index in [1.165, 1.54) is 0 Å². The molecule has 2 aromatic rings. The van der Waals surface area contributed by atoms with Crippen LogP contribution in [0.5, 0.6) is 0 Å². The smallest absolute Gasteiger partial charge is 0.550 e. The van der Waals surface area contributed by atoms with Crippen molar-refractivity contribution in [2.75, 3.05) is 5.32 Å². The minimum absolute atomic E-state index is 0. The number of nitrogens with one attached hydrogen (secondary N) is 1. The number of halogens is 3. The zero-order valence-electron chi connectivity index (χ0n) is 11.1. The van der Waals surface area contributed by atoms with E-state index in [0.29, 0.717) is 16.9 Å². The van der Waals surface area contributed by atoms with Crippen molar-refractivity contribution in [2.45, 2.75) is 6.42 Å². The van der Waals surface area contributed by atoms with Crippen molar-refractivity contribution < 1.29 is 43.8 Å². The van der Waals surface area contributed by atoms with Crippen LogP contribution >= 0.6 is 23.2 Å². The Morgan fingerprint density at radius 1 is 1.19 bits per heavy atom. The minimum Gasteiger partial charge on any atom is -0.550 e. The third-order valence-corrected chi connectivity index (χ3v) is 3.21. The molecule has 104 valence electrons. The van der Waals surface area contributed by atoms with Crippen LogP contribution in [0.2, 0.25) is 10.0 Å². The Labute approximate surface area is 153 Å². The second-order valence-electron chi connectivity index (χ2n) is 4.08. The largest absolute Gasteiger partial charge is 1.00 e. The number of anilines is 2. The fourth-order valence-electron chi connectivity index (χ4n) is 1.75. The van der Waals surface area contributed by atoms with Crippen LogP contribution < -0.4 is 40.0 Å². The number of carbonyl (C=O) groups is 1. The molecule has 0 unspecified atom stereocenters. The van der Waals surface area contributed by atoms with Gasteiger partial charge >= 0.3 is 29.6 Å². The normalized spacial score (nSPS) is 9.86. The summed E-state index contributed by atoms with van der Waals surface area (Å²) in [5, 5.41) is 13.9. The molecule has 0 spiro atoms. The Morgan fingerprint density at radius 3 is 2.33 bits per heavy atom. The zero-order valence-corrected chi connectivity index (χ0v) is 14.6. The standard InChI is InChI=1S/C14H10Cl2FNO2.Na/c15-10-6-9(17)7-11(16)14(10)18-12-4-2-1-3-8(12)5-13(19)20;/h1-4,6-7,18H,5H2,(H,19,20);/q;+1/p-1.